The van der Waals surface area contributed by atoms with Crippen LogP contribution in [0.5, 0.6) is 0 Å². The topological polar surface area (TPSA) is 58.2 Å². The minimum Gasteiger partial charge on any atom is -0.322 e. The molecule has 0 saturated heterocycles. The Balaban J connectivity index is 1.97. The van der Waals surface area contributed by atoms with Crippen molar-refractivity contribution in [1.82, 2.24) is 5.32 Å². The van der Waals surface area contributed by atoms with Gasteiger partial charge >= 0.3 is 0 Å². The summed E-state index contributed by atoms with van der Waals surface area (Å²) in [7, 11) is 0. The van der Waals surface area contributed by atoms with Crippen LogP contribution in [0.4, 0.5) is 5.69 Å². The molecule has 2 N–H and O–H groups in total. The van der Waals surface area contributed by atoms with Crippen molar-refractivity contribution in [2.75, 3.05) is 5.32 Å². The predicted molar refractivity (Wildman–Crippen MR) is 116 cm³/mol. The SMILES string of the molecule is CC(C)C[C@@H](C)N[C@H](C=O)Cc1ccc(C(=O)Nc2cc(Cl)cc(Cl)c2)cc1. The van der Waals surface area contributed by atoms with Gasteiger partial charge in [0.05, 0.1) is 6.04 Å². The van der Waals surface area contributed by atoms with Crippen molar-refractivity contribution in [2.45, 2.75) is 45.7 Å². The predicted octanol–water partition coefficient (Wildman–Crippen LogP) is 5.38. The number of rotatable bonds is 9. The van der Waals surface area contributed by atoms with Crippen molar-refractivity contribution in [3.05, 3.63) is 63.6 Å². The Labute approximate surface area is 176 Å². The number of carbonyl (C=O) groups is 2. The molecule has 0 aliphatic heterocycles. The van der Waals surface area contributed by atoms with Crippen molar-refractivity contribution >= 4 is 41.1 Å². The van der Waals surface area contributed by atoms with E-state index in [4.69, 9.17) is 23.2 Å². The summed E-state index contributed by atoms with van der Waals surface area (Å²) < 4.78 is 0. The maximum absolute atomic E-state index is 12.4. The van der Waals surface area contributed by atoms with E-state index in [2.05, 4.69) is 31.4 Å². The van der Waals surface area contributed by atoms with Crippen molar-refractivity contribution in [2.24, 2.45) is 5.92 Å². The highest BCUT2D eigenvalue weighted by Gasteiger charge is 2.14. The zero-order chi connectivity index (χ0) is 20.7. The number of amides is 1. The quantitative estimate of drug-likeness (QED) is 0.535. The Bertz CT molecular complexity index is 786. The third kappa shape index (κ3) is 7.27. The Morgan fingerprint density at radius 3 is 2.18 bits per heavy atom. The second-order valence-corrected chi connectivity index (χ2v) is 8.33. The zero-order valence-corrected chi connectivity index (χ0v) is 17.8. The lowest BCUT2D eigenvalue weighted by Crippen LogP contribution is -2.39. The molecule has 0 unspecified atom stereocenters. The number of benzene rings is 2. The fourth-order valence-electron chi connectivity index (χ4n) is 3.16. The number of hydrogen-bond donors (Lipinski definition) is 2. The largest absolute Gasteiger partial charge is 0.322 e. The smallest absolute Gasteiger partial charge is 0.255 e. The van der Waals surface area contributed by atoms with E-state index in [9.17, 15) is 9.59 Å². The molecule has 2 rings (SSSR count). The van der Waals surface area contributed by atoms with Crippen LogP contribution in [-0.4, -0.2) is 24.3 Å². The van der Waals surface area contributed by atoms with Crippen molar-refractivity contribution < 1.29 is 9.59 Å². The van der Waals surface area contributed by atoms with Gasteiger partial charge in [-0.05, 0) is 61.6 Å². The zero-order valence-electron chi connectivity index (χ0n) is 16.3. The molecule has 2 aromatic carbocycles. The molecule has 0 aliphatic rings. The minimum atomic E-state index is -0.250. The average Bonchev–Trinajstić information content (AvgIpc) is 2.60. The summed E-state index contributed by atoms with van der Waals surface area (Å²) >= 11 is 11.9. The summed E-state index contributed by atoms with van der Waals surface area (Å²) in [6.45, 7) is 6.41. The van der Waals surface area contributed by atoms with E-state index in [0.717, 1.165) is 18.3 Å². The van der Waals surface area contributed by atoms with Crippen LogP contribution >= 0.6 is 23.2 Å². The molecule has 0 saturated carbocycles. The molecule has 0 bridgehead atoms. The van der Waals surface area contributed by atoms with Gasteiger partial charge in [0.15, 0.2) is 0 Å². The molecular weight excluding hydrogens is 395 g/mol. The number of nitrogens with one attached hydrogen (secondary N) is 2. The molecule has 150 valence electrons. The second kappa shape index (κ2) is 10.6. The average molecular weight is 421 g/mol. The highest BCUT2D eigenvalue weighted by molar-refractivity contribution is 6.35. The summed E-state index contributed by atoms with van der Waals surface area (Å²) in [4.78, 5) is 23.8. The van der Waals surface area contributed by atoms with Crippen LogP contribution in [0.1, 0.15) is 43.1 Å². The molecule has 0 heterocycles. The Morgan fingerprint density at radius 2 is 1.64 bits per heavy atom. The molecule has 1 amide bonds. The number of anilines is 1. The van der Waals surface area contributed by atoms with Crippen LogP contribution in [0.15, 0.2) is 42.5 Å². The van der Waals surface area contributed by atoms with Crippen molar-refractivity contribution in [3.63, 3.8) is 0 Å². The minimum absolute atomic E-state index is 0.248. The molecule has 0 aliphatic carbocycles. The third-order valence-corrected chi connectivity index (χ3v) is 4.72. The van der Waals surface area contributed by atoms with Crippen molar-refractivity contribution in [3.8, 4) is 0 Å². The molecule has 0 fully saturated rings. The van der Waals surface area contributed by atoms with E-state index in [-0.39, 0.29) is 18.0 Å². The van der Waals surface area contributed by atoms with Crippen LogP contribution in [0.3, 0.4) is 0 Å². The molecular formula is C22H26Cl2N2O2. The van der Waals surface area contributed by atoms with E-state index < -0.39 is 0 Å². The third-order valence-electron chi connectivity index (χ3n) is 4.28. The summed E-state index contributed by atoms with van der Waals surface area (Å²) in [5.74, 6) is 0.322. The van der Waals surface area contributed by atoms with Gasteiger partial charge in [-0.1, -0.05) is 49.2 Å². The molecule has 2 aromatic rings. The molecule has 0 spiro atoms. The monoisotopic (exact) mass is 420 g/mol. The lowest BCUT2D eigenvalue weighted by atomic mass is 10.0. The maximum Gasteiger partial charge on any atom is 0.255 e. The lowest BCUT2D eigenvalue weighted by Gasteiger charge is -2.20. The van der Waals surface area contributed by atoms with Gasteiger partial charge in [-0.2, -0.15) is 0 Å². The molecule has 0 aromatic heterocycles. The normalized spacial score (nSPS) is 13.2. The highest BCUT2D eigenvalue weighted by atomic mass is 35.5. The molecule has 4 nitrogen and oxygen atoms in total. The van der Waals surface area contributed by atoms with E-state index in [1.807, 2.05) is 12.1 Å². The summed E-state index contributed by atoms with van der Waals surface area (Å²) in [5.41, 5.74) is 2.04. The Morgan fingerprint density at radius 1 is 1.04 bits per heavy atom. The second-order valence-electron chi connectivity index (χ2n) is 7.45. The van der Waals surface area contributed by atoms with Crippen molar-refractivity contribution in [1.29, 1.82) is 0 Å². The van der Waals surface area contributed by atoms with Gasteiger partial charge in [-0.25, -0.2) is 0 Å². The van der Waals surface area contributed by atoms with Crippen LogP contribution in [0.2, 0.25) is 10.0 Å². The van der Waals surface area contributed by atoms with E-state index in [1.165, 1.54) is 0 Å². The van der Waals surface area contributed by atoms with Gasteiger partial charge in [0.1, 0.15) is 6.29 Å². The van der Waals surface area contributed by atoms with Gasteiger partial charge in [0.25, 0.3) is 5.91 Å². The van der Waals surface area contributed by atoms with E-state index in [1.54, 1.807) is 30.3 Å². The van der Waals surface area contributed by atoms with Gasteiger partial charge in [-0.3, -0.25) is 4.79 Å². The van der Waals surface area contributed by atoms with Crippen LogP contribution < -0.4 is 10.6 Å². The Kier molecular flexibility index (Phi) is 8.49. The fourth-order valence-corrected chi connectivity index (χ4v) is 3.69. The van der Waals surface area contributed by atoms with Crippen LogP contribution in [-0.2, 0) is 11.2 Å². The lowest BCUT2D eigenvalue weighted by molar-refractivity contribution is -0.109. The van der Waals surface area contributed by atoms with Gasteiger partial charge < -0.3 is 15.4 Å². The van der Waals surface area contributed by atoms with Gasteiger partial charge in [0.2, 0.25) is 0 Å². The molecule has 2 atom stereocenters. The standard InChI is InChI=1S/C22H26Cl2N2O2/c1-14(2)8-15(3)25-21(13-27)9-16-4-6-17(7-5-16)22(28)26-20-11-18(23)10-19(24)12-20/h4-7,10-15,21,25H,8-9H2,1-3H3,(H,26,28)/t15-,21+/m1/s1. The van der Waals surface area contributed by atoms with Gasteiger partial charge in [0, 0.05) is 27.3 Å². The first-order valence-corrected chi connectivity index (χ1v) is 10.1. The summed E-state index contributed by atoms with van der Waals surface area (Å²) in [6.07, 6.45) is 2.54. The first kappa shape index (κ1) is 22.4. The van der Waals surface area contributed by atoms with Gasteiger partial charge in [-0.15, -0.1) is 0 Å². The molecule has 0 radical (unpaired) electrons. The number of aldehydes is 1. The number of halogens is 2. The summed E-state index contributed by atoms with van der Waals surface area (Å²) in [5, 5.41) is 7.05. The first-order valence-electron chi connectivity index (χ1n) is 9.34. The van der Waals surface area contributed by atoms with Crippen LogP contribution in [0, 0.1) is 5.92 Å². The van der Waals surface area contributed by atoms with E-state index in [0.29, 0.717) is 33.6 Å². The number of hydrogen-bond acceptors (Lipinski definition) is 3. The Hall–Kier alpha value is -1.88. The molecule has 28 heavy (non-hydrogen) atoms. The first-order chi connectivity index (χ1) is 13.3. The van der Waals surface area contributed by atoms with E-state index >= 15 is 0 Å². The molecule has 6 heteroatoms. The number of carbonyl (C=O) groups excluding carboxylic acids is 2. The van der Waals surface area contributed by atoms with Crippen LogP contribution in [0.25, 0.3) is 0 Å². The highest BCUT2D eigenvalue weighted by Crippen LogP contribution is 2.23. The summed E-state index contributed by atoms with van der Waals surface area (Å²) in [6, 6.07) is 12.1. The fraction of sp³-hybridized carbons (Fsp3) is 0.364. The maximum atomic E-state index is 12.4.